The molecule has 1 unspecified atom stereocenters. The van der Waals surface area contributed by atoms with Crippen molar-refractivity contribution in [2.45, 2.75) is 26.2 Å². The van der Waals surface area contributed by atoms with Gasteiger partial charge in [-0.15, -0.1) is 0 Å². The Morgan fingerprint density at radius 2 is 2.21 bits per heavy atom. The van der Waals surface area contributed by atoms with Crippen molar-refractivity contribution < 1.29 is 19.4 Å². The predicted octanol–water partition coefficient (Wildman–Crippen LogP) is 1.54. The number of hydrogen-bond donors (Lipinski definition) is 1. The van der Waals surface area contributed by atoms with Gasteiger partial charge in [0.25, 0.3) is 0 Å². The largest absolute Gasteiger partial charge is 0.481 e. The Balaban J connectivity index is 2.40. The topological polar surface area (TPSA) is 55.8 Å². The molecule has 0 radical (unpaired) electrons. The molecule has 1 aliphatic heterocycles. The second-order valence-electron chi connectivity index (χ2n) is 3.19. The highest BCUT2D eigenvalue weighted by Gasteiger charge is 2.22. The molecular formula is C10H14O4. The van der Waals surface area contributed by atoms with Crippen LogP contribution in [0.1, 0.15) is 13.8 Å². The average molecular weight is 198 g/mol. The first-order valence-corrected chi connectivity index (χ1v) is 4.48. The minimum Gasteiger partial charge on any atom is -0.481 e. The smallest absolute Gasteiger partial charge is 0.308 e. The van der Waals surface area contributed by atoms with E-state index in [-0.39, 0.29) is 6.10 Å². The van der Waals surface area contributed by atoms with Gasteiger partial charge in [-0.05, 0) is 26.0 Å². The van der Waals surface area contributed by atoms with Crippen molar-refractivity contribution in [2.24, 2.45) is 5.92 Å². The third-order valence-corrected chi connectivity index (χ3v) is 2.11. The van der Waals surface area contributed by atoms with Crippen LogP contribution in [-0.2, 0) is 14.3 Å². The molecule has 0 aromatic heterocycles. The third kappa shape index (κ3) is 2.88. The summed E-state index contributed by atoms with van der Waals surface area (Å²) in [6.07, 6.45) is 5.93. The van der Waals surface area contributed by atoms with Crippen LogP contribution in [0.2, 0.25) is 0 Å². The van der Waals surface area contributed by atoms with Crippen molar-refractivity contribution in [3.8, 4) is 0 Å². The monoisotopic (exact) mass is 198 g/mol. The van der Waals surface area contributed by atoms with Gasteiger partial charge in [-0.2, -0.15) is 0 Å². The summed E-state index contributed by atoms with van der Waals surface area (Å²) in [5.74, 6) is -1.41. The van der Waals surface area contributed by atoms with Crippen LogP contribution in [0.3, 0.4) is 0 Å². The molecule has 0 saturated carbocycles. The lowest BCUT2D eigenvalue weighted by molar-refractivity contribution is -0.156. The Hall–Kier alpha value is -1.29. The number of carboxylic acid groups (broad SMARTS) is 1. The van der Waals surface area contributed by atoms with Crippen LogP contribution >= 0.6 is 0 Å². The number of hydrogen-bond acceptors (Lipinski definition) is 3. The average Bonchev–Trinajstić information content (AvgIpc) is 2.18. The first-order chi connectivity index (χ1) is 6.61. The van der Waals surface area contributed by atoms with Crippen LogP contribution in [-0.4, -0.2) is 23.5 Å². The fraction of sp³-hybridized carbons (Fsp3) is 0.500. The fourth-order valence-corrected chi connectivity index (χ4v) is 0.976. The van der Waals surface area contributed by atoms with Gasteiger partial charge in [0.15, 0.2) is 0 Å². The molecule has 0 spiro atoms. The summed E-state index contributed by atoms with van der Waals surface area (Å²) < 4.78 is 10.5. The van der Waals surface area contributed by atoms with E-state index in [9.17, 15) is 4.79 Å². The van der Waals surface area contributed by atoms with Gasteiger partial charge in [0.05, 0.1) is 18.3 Å². The van der Waals surface area contributed by atoms with E-state index in [1.165, 1.54) is 6.26 Å². The number of ether oxygens (including phenoxy) is 2. The van der Waals surface area contributed by atoms with Crippen molar-refractivity contribution >= 4 is 5.97 Å². The first kappa shape index (κ1) is 10.8. The molecule has 0 amide bonds. The maximum atomic E-state index is 10.6. The maximum Gasteiger partial charge on any atom is 0.308 e. The van der Waals surface area contributed by atoms with E-state index in [1.807, 2.05) is 0 Å². The van der Waals surface area contributed by atoms with E-state index in [1.54, 1.807) is 32.1 Å². The van der Waals surface area contributed by atoms with E-state index in [0.29, 0.717) is 0 Å². The molecule has 0 saturated heterocycles. The highest BCUT2D eigenvalue weighted by atomic mass is 16.7. The third-order valence-electron chi connectivity index (χ3n) is 2.11. The maximum absolute atomic E-state index is 10.6. The van der Waals surface area contributed by atoms with Gasteiger partial charge in [-0.25, -0.2) is 0 Å². The molecule has 14 heavy (non-hydrogen) atoms. The molecule has 0 aliphatic carbocycles. The zero-order chi connectivity index (χ0) is 10.6. The van der Waals surface area contributed by atoms with Crippen LogP contribution in [0.25, 0.3) is 0 Å². The van der Waals surface area contributed by atoms with Crippen molar-refractivity contribution in [3.63, 3.8) is 0 Å². The quantitative estimate of drug-likeness (QED) is 0.744. The van der Waals surface area contributed by atoms with Crippen LogP contribution in [0.4, 0.5) is 0 Å². The van der Waals surface area contributed by atoms with Crippen LogP contribution < -0.4 is 0 Å². The normalized spacial score (nSPS) is 24.0. The van der Waals surface area contributed by atoms with Crippen molar-refractivity contribution in [1.29, 1.82) is 0 Å². The molecule has 1 aliphatic rings. The first-order valence-electron chi connectivity index (χ1n) is 4.48. The summed E-state index contributed by atoms with van der Waals surface area (Å²) in [6, 6.07) is 0. The van der Waals surface area contributed by atoms with Gasteiger partial charge in [-0.3, -0.25) is 4.79 Å². The fourth-order valence-electron chi connectivity index (χ4n) is 0.976. The Kier molecular flexibility index (Phi) is 3.71. The van der Waals surface area contributed by atoms with E-state index < -0.39 is 18.2 Å². The number of allylic oxidation sites excluding steroid dienone is 2. The minimum absolute atomic E-state index is 0.381. The molecule has 3 atom stereocenters. The van der Waals surface area contributed by atoms with Gasteiger partial charge in [-0.1, -0.05) is 6.08 Å². The molecule has 1 rings (SSSR count). The van der Waals surface area contributed by atoms with Gasteiger partial charge in [0.1, 0.15) is 0 Å². The van der Waals surface area contributed by atoms with Crippen molar-refractivity contribution in [2.75, 3.05) is 0 Å². The zero-order valence-corrected chi connectivity index (χ0v) is 8.21. The lowest BCUT2D eigenvalue weighted by Gasteiger charge is -2.22. The second kappa shape index (κ2) is 4.81. The Labute approximate surface area is 82.8 Å². The Morgan fingerprint density at radius 3 is 2.71 bits per heavy atom. The van der Waals surface area contributed by atoms with E-state index in [0.717, 1.165) is 0 Å². The van der Waals surface area contributed by atoms with Crippen molar-refractivity contribution in [1.82, 2.24) is 0 Å². The molecular weight excluding hydrogens is 184 g/mol. The molecule has 4 nitrogen and oxygen atoms in total. The SMILES string of the molecule is CC(C(=O)O)[C@H](C)O[C@H]1C=CC=CO1. The molecule has 1 heterocycles. The lowest BCUT2D eigenvalue weighted by Crippen LogP contribution is -2.30. The van der Waals surface area contributed by atoms with E-state index in [2.05, 4.69) is 0 Å². The highest BCUT2D eigenvalue weighted by molar-refractivity contribution is 5.70. The summed E-state index contributed by atoms with van der Waals surface area (Å²) in [7, 11) is 0. The lowest BCUT2D eigenvalue weighted by atomic mass is 10.1. The number of aliphatic carboxylic acids is 1. The molecule has 0 bridgehead atoms. The minimum atomic E-state index is -0.868. The number of carboxylic acids is 1. The van der Waals surface area contributed by atoms with E-state index >= 15 is 0 Å². The second-order valence-corrected chi connectivity index (χ2v) is 3.19. The molecule has 4 heteroatoms. The molecule has 0 aromatic rings. The van der Waals surface area contributed by atoms with E-state index in [4.69, 9.17) is 14.6 Å². The number of rotatable bonds is 4. The Bertz CT molecular complexity index is 257. The highest BCUT2D eigenvalue weighted by Crippen LogP contribution is 2.13. The van der Waals surface area contributed by atoms with Gasteiger partial charge < -0.3 is 14.6 Å². The van der Waals surface area contributed by atoms with Gasteiger partial charge in [0.2, 0.25) is 6.29 Å². The predicted molar refractivity (Wildman–Crippen MR) is 50.5 cm³/mol. The van der Waals surface area contributed by atoms with Gasteiger partial charge >= 0.3 is 5.97 Å². The summed E-state index contributed by atoms with van der Waals surface area (Å²) in [5.41, 5.74) is 0. The number of carbonyl (C=O) groups is 1. The molecule has 0 aromatic carbocycles. The summed E-state index contributed by atoms with van der Waals surface area (Å²) in [6.45, 7) is 3.32. The summed E-state index contributed by atoms with van der Waals surface area (Å²) in [5, 5.41) is 8.73. The summed E-state index contributed by atoms with van der Waals surface area (Å²) >= 11 is 0. The van der Waals surface area contributed by atoms with Crippen LogP contribution in [0.15, 0.2) is 24.5 Å². The van der Waals surface area contributed by atoms with Crippen molar-refractivity contribution in [3.05, 3.63) is 24.5 Å². The zero-order valence-electron chi connectivity index (χ0n) is 8.21. The standard InChI is InChI=1S/C10H14O4/c1-7(10(11)12)8(2)14-9-5-3-4-6-13-9/h3-9H,1-2H3,(H,11,12)/t7?,8-,9-/m0/s1. The Morgan fingerprint density at radius 1 is 1.50 bits per heavy atom. The molecule has 78 valence electrons. The molecule has 0 fully saturated rings. The van der Waals surface area contributed by atoms with Gasteiger partial charge in [0, 0.05) is 0 Å². The summed E-state index contributed by atoms with van der Waals surface area (Å²) in [4.78, 5) is 10.6. The van der Waals surface area contributed by atoms with Crippen LogP contribution in [0, 0.1) is 5.92 Å². The molecule has 1 N–H and O–H groups in total. The van der Waals surface area contributed by atoms with Crippen LogP contribution in [0.5, 0.6) is 0 Å².